The number of carbonyl (C=O) groups excluding carboxylic acids is 1. The normalized spacial score (nSPS) is 11.0. The second-order valence-electron chi connectivity index (χ2n) is 4.98. The first kappa shape index (κ1) is 16.9. The standard InChI is InChI=1S/C14H21N3O4/c1-4-14(5-2,9-18)16-13(19)15-12-8-11(17(20)21)7-6-10(12)3/h6-8,18H,4-5,9H2,1-3H3,(H2,15,16,19). The lowest BCUT2D eigenvalue weighted by molar-refractivity contribution is -0.384. The van der Waals surface area contributed by atoms with E-state index in [4.69, 9.17) is 0 Å². The van der Waals surface area contributed by atoms with E-state index in [2.05, 4.69) is 10.6 Å². The van der Waals surface area contributed by atoms with Gasteiger partial charge >= 0.3 is 6.03 Å². The summed E-state index contributed by atoms with van der Waals surface area (Å²) in [5.74, 6) is 0. The maximum absolute atomic E-state index is 12.0. The van der Waals surface area contributed by atoms with Crippen molar-refractivity contribution in [3.05, 3.63) is 33.9 Å². The molecule has 0 fully saturated rings. The Labute approximate surface area is 123 Å². The summed E-state index contributed by atoms with van der Waals surface area (Å²) in [4.78, 5) is 22.3. The van der Waals surface area contributed by atoms with Crippen molar-refractivity contribution in [2.75, 3.05) is 11.9 Å². The molecule has 2 amide bonds. The molecule has 21 heavy (non-hydrogen) atoms. The van der Waals surface area contributed by atoms with E-state index >= 15 is 0 Å². The summed E-state index contributed by atoms with van der Waals surface area (Å²) in [5, 5.41) is 25.5. The van der Waals surface area contributed by atoms with Gasteiger partial charge in [0, 0.05) is 12.1 Å². The van der Waals surface area contributed by atoms with E-state index < -0.39 is 16.5 Å². The Morgan fingerprint density at radius 1 is 1.38 bits per heavy atom. The van der Waals surface area contributed by atoms with Crippen molar-refractivity contribution in [3.8, 4) is 0 Å². The third kappa shape index (κ3) is 4.16. The number of amides is 2. The van der Waals surface area contributed by atoms with Crippen LogP contribution in [0.15, 0.2) is 18.2 Å². The molecule has 0 radical (unpaired) electrons. The van der Waals surface area contributed by atoms with Crippen LogP contribution < -0.4 is 10.6 Å². The number of nitrogens with zero attached hydrogens (tertiary/aromatic N) is 1. The number of aryl methyl sites for hydroxylation is 1. The highest BCUT2D eigenvalue weighted by molar-refractivity contribution is 5.91. The fourth-order valence-corrected chi connectivity index (χ4v) is 1.94. The first-order valence-electron chi connectivity index (χ1n) is 6.82. The Morgan fingerprint density at radius 2 is 2.00 bits per heavy atom. The highest BCUT2D eigenvalue weighted by Gasteiger charge is 2.27. The maximum atomic E-state index is 12.0. The Bertz CT molecular complexity index is 519. The summed E-state index contributed by atoms with van der Waals surface area (Å²) in [6.07, 6.45) is 1.17. The minimum Gasteiger partial charge on any atom is -0.394 e. The lowest BCUT2D eigenvalue weighted by atomic mass is 9.94. The molecule has 0 saturated carbocycles. The van der Waals surface area contributed by atoms with Gasteiger partial charge in [0.15, 0.2) is 0 Å². The minimum atomic E-state index is -0.682. The van der Waals surface area contributed by atoms with Crippen LogP contribution in [-0.4, -0.2) is 28.2 Å². The molecule has 0 aromatic heterocycles. The number of urea groups is 1. The molecule has 1 aromatic rings. The summed E-state index contributed by atoms with van der Waals surface area (Å²) >= 11 is 0. The number of anilines is 1. The molecule has 3 N–H and O–H groups in total. The second-order valence-corrected chi connectivity index (χ2v) is 4.98. The molecule has 0 aliphatic rings. The van der Waals surface area contributed by atoms with E-state index in [1.807, 2.05) is 13.8 Å². The van der Waals surface area contributed by atoms with Crippen LogP contribution in [0.2, 0.25) is 0 Å². The number of benzene rings is 1. The number of aliphatic hydroxyl groups excluding tert-OH is 1. The number of rotatable bonds is 6. The molecule has 0 unspecified atom stereocenters. The molecule has 0 aliphatic carbocycles. The molecule has 0 heterocycles. The predicted octanol–water partition coefficient (Wildman–Crippen LogP) is 2.58. The smallest absolute Gasteiger partial charge is 0.319 e. The number of aliphatic hydroxyl groups is 1. The van der Waals surface area contributed by atoms with Crippen molar-refractivity contribution in [1.82, 2.24) is 5.32 Å². The quantitative estimate of drug-likeness (QED) is 0.554. The zero-order valence-electron chi connectivity index (χ0n) is 12.5. The SMILES string of the molecule is CCC(CC)(CO)NC(=O)Nc1cc([N+](=O)[O-])ccc1C. The number of nitrogens with one attached hydrogen (secondary N) is 2. The fourth-order valence-electron chi connectivity index (χ4n) is 1.94. The van der Waals surface area contributed by atoms with Gasteiger partial charge in [-0.15, -0.1) is 0 Å². The number of nitro groups is 1. The lowest BCUT2D eigenvalue weighted by Crippen LogP contribution is -2.52. The van der Waals surface area contributed by atoms with Crippen molar-refractivity contribution < 1.29 is 14.8 Å². The van der Waals surface area contributed by atoms with Crippen molar-refractivity contribution in [2.24, 2.45) is 0 Å². The topological polar surface area (TPSA) is 104 Å². The van der Waals surface area contributed by atoms with E-state index in [9.17, 15) is 20.0 Å². The molecule has 1 aromatic carbocycles. The summed E-state index contributed by atoms with van der Waals surface area (Å²) in [5.41, 5.74) is 0.327. The van der Waals surface area contributed by atoms with Crippen LogP contribution in [0.1, 0.15) is 32.3 Å². The molecule has 7 heteroatoms. The molecule has 7 nitrogen and oxygen atoms in total. The maximum Gasteiger partial charge on any atom is 0.319 e. The average Bonchev–Trinajstić information content (AvgIpc) is 2.47. The molecule has 0 bridgehead atoms. The first-order chi connectivity index (χ1) is 9.87. The summed E-state index contributed by atoms with van der Waals surface area (Å²) in [6, 6.07) is 3.78. The van der Waals surface area contributed by atoms with Crippen molar-refractivity contribution in [1.29, 1.82) is 0 Å². The van der Waals surface area contributed by atoms with Crippen LogP contribution in [0.25, 0.3) is 0 Å². The second kappa shape index (κ2) is 7.03. The summed E-state index contributed by atoms with van der Waals surface area (Å²) < 4.78 is 0. The van der Waals surface area contributed by atoms with Gasteiger partial charge < -0.3 is 15.7 Å². The number of carbonyl (C=O) groups is 1. The minimum absolute atomic E-state index is 0.0877. The Balaban J connectivity index is 2.88. The van der Waals surface area contributed by atoms with Crippen molar-refractivity contribution >= 4 is 17.4 Å². The van der Waals surface area contributed by atoms with Crippen LogP contribution in [0, 0.1) is 17.0 Å². The van der Waals surface area contributed by atoms with Crippen molar-refractivity contribution in [3.63, 3.8) is 0 Å². The summed E-state index contributed by atoms with van der Waals surface area (Å²) in [6.45, 7) is 5.33. The molecule has 0 spiro atoms. The zero-order chi connectivity index (χ0) is 16.0. The van der Waals surface area contributed by atoms with Gasteiger partial charge in [0.25, 0.3) is 5.69 Å². The molecular weight excluding hydrogens is 274 g/mol. The van der Waals surface area contributed by atoms with E-state index in [1.54, 1.807) is 13.0 Å². The van der Waals surface area contributed by atoms with Crippen LogP contribution in [0.3, 0.4) is 0 Å². The van der Waals surface area contributed by atoms with Gasteiger partial charge in [0.2, 0.25) is 0 Å². The zero-order valence-corrected chi connectivity index (χ0v) is 12.5. The van der Waals surface area contributed by atoms with E-state index in [0.717, 1.165) is 5.56 Å². The van der Waals surface area contributed by atoms with Gasteiger partial charge in [-0.1, -0.05) is 19.9 Å². The van der Waals surface area contributed by atoms with Gasteiger partial charge in [-0.2, -0.15) is 0 Å². The predicted molar refractivity (Wildman–Crippen MR) is 80.4 cm³/mol. The molecule has 0 atom stereocenters. The highest BCUT2D eigenvalue weighted by Crippen LogP contribution is 2.22. The van der Waals surface area contributed by atoms with E-state index in [1.165, 1.54) is 12.1 Å². The molecule has 1 rings (SSSR count). The largest absolute Gasteiger partial charge is 0.394 e. The molecule has 0 aliphatic heterocycles. The van der Waals surface area contributed by atoms with Crippen LogP contribution in [-0.2, 0) is 0 Å². The van der Waals surface area contributed by atoms with Gasteiger partial charge in [0.1, 0.15) is 0 Å². The van der Waals surface area contributed by atoms with Gasteiger partial charge in [-0.05, 0) is 25.3 Å². The van der Waals surface area contributed by atoms with Gasteiger partial charge in [-0.3, -0.25) is 10.1 Å². The van der Waals surface area contributed by atoms with Crippen LogP contribution >= 0.6 is 0 Å². The molecule has 116 valence electrons. The first-order valence-corrected chi connectivity index (χ1v) is 6.82. The Hall–Kier alpha value is -2.15. The van der Waals surface area contributed by atoms with Gasteiger partial charge in [-0.25, -0.2) is 4.79 Å². The van der Waals surface area contributed by atoms with Crippen molar-refractivity contribution in [2.45, 2.75) is 39.2 Å². The van der Waals surface area contributed by atoms with Gasteiger partial charge in [0.05, 0.1) is 22.8 Å². The monoisotopic (exact) mass is 295 g/mol. The van der Waals surface area contributed by atoms with Crippen LogP contribution in [0.5, 0.6) is 0 Å². The van der Waals surface area contributed by atoms with E-state index in [-0.39, 0.29) is 12.3 Å². The number of hydrogen-bond donors (Lipinski definition) is 3. The third-order valence-corrected chi connectivity index (χ3v) is 3.72. The Morgan fingerprint density at radius 3 is 2.48 bits per heavy atom. The van der Waals surface area contributed by atoms with Crippen LogP contribution in [0.4, 0.5) is 16.2 Å². The third-order valence-electron chi connectivity index (χ3n) is 3.72. The molecule has 0 saturated heterocycles. The average molecular weight is 295 g/mol. The summed E-state index contributed by atoms with van der Waals surface area (Å²) in [7, 11) is 0. The Kier molecular flexibility index (Phi) is 5.66. The number of hydrogen-bond acceptors (Lipinski definition) is 4. The number of nitro benzene ring substituents is 1. The fraction of sp³-hybridized carbons (Fsp3) is 0.500. The number of non-ortho nitro benzene ring substituents is 1. The lowest BCUT2D eigenvalue weighted by Gasteiger charge is -2.30. The molecular formula is C14H21N3O4. The van der Waals surface area contributed by atoms with E-state index in [0.29, 0.717) is 18.5 Å². The highest BCUT2D eigenvalue weighted by atomic mass is 16.6.